The molecule has 2 aromatic rings. The van der Waals surface area contributed by atoms with Crippen LogP contribution < -0.4 is 11.3 Å². The van der Waals surface area contributed by atoms with Crippen LogP contribution in [-0.4, -0.2) is 6.04 Å². The zero-order chi connectivity index (χ0) is 15.4. The molecule has 1 atom stereocenters. The first-order valence-corrected chi connectivity index (χ1v) is 7.13. The van der Waals surface area contributed by atoms with Crippen LogP contribution >= 0.6 is 15.9 Å². The molecule has 0 saturated carbocycles. The molecule has 0 amide bonds. The first-order valence-electron chi connectivity index (χ1n) is 6.34. The molecule has 0 fully saturated rings. The summed E-state index contributed by atoms with van der Waals surface area (Å²) in [6.45, 7) is 0. The molecule has 0 aromatic heterocycles. The van der Waals surface area contributed by atoms with E-state index in [0.29, 0.717) is 6.42 Å². The van der Waals surface area contributed by atoms with Gasteiger partial charge in [-0.25, -0.2) is 13.2 Å². The summed E-state index contributed by atoms with van der Waals surface area (Å²) in [7, 11) is 0. The van der Waals surface area contributed by atoms with Crippen LogP contribution in [0.15, 0.2) is 40.9 Å². The van der Waals surface area contributed by atoms with E-state index in [1.165, 1.54) is 24.3 Å². The zero-order valence-electron chi connectivity index (χ0n) is 11.0. The van der Waals surface area contributed by atoms with E-state index >= 15 is 0 Å². The molecule has 0 saturated heterocycles. The smallest absolute Gasteiger partial charge is 0.143 e. The van der Waals surface area contributed by atoms with Crippen LogP contribution in [0.4, 0.5) is 13.2 Å². The van der Waals surface area contributed by atoms with E-state index < -0.39 is 11.6 Å². The third-order valence-electron chi connectivity index (χ3n) is 3.22. The number of halogens is 4. The molecule has 0 heterocycles. The lowest BCUT2D eigenvalue weighted by Crippen LogP contribution is -2.38. The maximum Gasteiger partial charge on any atom is 0.143 e. The highest BCUT2D eigenvalue weighted by Crippen LogP contribution is 2.23. The van der Waals surface area contributed by atoms with Gasteiger partial charge in [-0.1, -0.05) is 12.1 Å². The SMILES string of the molecule is NNC(Cc1ccc(F)cc1)Cc1c(F)ccc(Br)c1F. The van der Waals surface area contributed by atoms with E-state index in [-0.39, 0.29) is 28.3 Å². The van der Waals surface area contributed by atoms with E-state index in [1.807, 2.05) is 0 Å². The van der Waals surface area contributed by atoms with Gasteiger partial charge in [0.15, 0.2) is 0 Å². The van der Waals surface area contributed by atoms with Crippen LogP contribution in [0.2, 0.25) is 0 Å². The number of hydrogen-bond acceptors (Lipinski definition) is 2. The predicted molar refractivity (Wildman–Crippen MR) is 79.0 cm³/mol. The Morgan fingerprint density at radius 1 is 1.00 bits per heavy atom. The predicted octanol–water partition coefficient (Wildman–Crippen LogP) is 3.48. The minimum atomic E-state index is -0.630. The van der Waals surface area contributed by atoms with Crippen molar-refractivity contribution >= 4 is 15.9 Å². The lowest BCUT2D eigenvalue weighted by molar-refractivity contribution is 0.482. The normalized spacial score (nSPS) is 12.4. The highest BCUT2D eigenvalue weighted by molar-refractivity contribution is 9.10. The monoisotopic (exact) mass is 358 g/mol. The average molecular weight is 359 g/mol. The Morgan fingerprint density at radius 3 is 2.29 bits per heavy atom. The molecule has 2 nitrogen and oxygen atoms in total. The summed E-state index contributed by atoms with van der Waals surface area (Å²) in [5.74, 6) is 3.88. The molecular formula is C15H14BrF3N2. The Kier molecular flexibility index (Phi) is 5.39. The molecule has 0 aliphatic heterocycles. The van der Waals surface area contributed by atoms with Crippen molar-refractivity contribution in [3.63, 3.8) is 0 Å². The van der Waals surface area contributed by atoms with E-state index in [9.17, 15) is 13.2 Å². The van der Waals surface area contributed by atoms with Gasteiger partial charge >= 0.3 is 0 Å². The number of benzene rings is 2. The van der Waals surface area contributed by atoms with Crippen molar-refractivity contribution in [1.29, 1.82) is 0 Å². The van der Waals surface area contributed by atoms with E-state index in [2.05, 4.69) is 21.4 Å². The molecule has 21 heavy (non-hydrogen) atoms. The minimum absolute atomic E-state index is 0.0329. The Labute approximate surface area is 129 Å². The van der Waals surface area contributed by atoms with Gasteiger partial charge in [0.05, 0.1) is 4.47 Å². The fraction of sp³-hybridized carbons (Fsp3) is 0.200. The van der Waals surface area contributed by atoms with Crippen LogP contribution in [0.5, 0.6) is 0 Å². The van der Waals surface area contributed by atoms with Crippen LogP contribution in [-0.2, 0) is 12.8 Å². The Bertz CT molecular complexity index is 617. The summed E-state index contributed by atoms with van der Waals surface area (Å²) in [4.78, 5) is 0. The van der Waals surface area contributed by atoms with Crippen molar-refractivity contribution in [1.82, 2.24) is 5.43 Å². The maximum absolute atomic E-state index is 13.9. The van der Waals surface area contributed by atoms with Crippen molar-refractivity contribution in [3.05, 3.63) is 69.4 Å². The summed E-state index contributed by atoms with van der Waals surface area (Å²) >= 11 is 3.03. The van der Waals surface area contributed by atoms with Crippen LogP contribution in [0.25, 0.3) is 0 Å². The molecule has 6 heteroatoms. The van der Waals surface area contributed by atoms with Crippen molar-refractivity contribution < 1.29 is 13.2 Å². The summed E-state index contributed by atoms with van der Waals surface area (Å²) in [6, 6.07) is 8.06. The maximum atomic E-state index is 13.9. The van der Waals surface area contributed by atoms with Gasteiger partial charge in [0, 0.05) is 11.6 Å². The van der Waals surface area contributed by atoms with Crippen LogP contribution in [0, 0.1) is 17.5 Å². The van der Waals surface area contributed by atoms with E-state index in [0.717, 1.165) is 5.56 Å². The Hall–Kier alpha value is -1.37. The van der Waals surface area contributed by atoms with E-state index in [1.54, 1.807) is 12.1 Å². The molecule has 0 spiro atoms. The van der Waals surface area contributed by atoms with Gasteiger partial charge < -0.3 is 0 Å². The Morgan fingerprint density at radius 2 is 1.67 bits per heavy atom. The van der Waals surface area contributed by atoms with Gasteiger partial charge in [0.1, 0.15) is 17.5 Å². The molecule has 1 unspecified atom stereocenters. The lowest BCUT2D eigenvalue weighted by atomic mass is 9.99. The van der Waals surface area contributed by atoms with Gasteiger partial charge in [0.25, 0.3) is 0 Å². The highest BCUT2D eigenvalue weighted by atomic mass is 79.9. The topological polar surface area (TPSA) is 38.0 Å². The second-order valence-corrected chi connectivity index (χ2v) is 5.57. The standard InChI is InChI=1S/C15H14BrF3N2/c16-13-5-6-14(18)12(15(13)19)8-11(21-20)7-9-1-3-10(17)4-2-9/h1-6,11,21H,7-8,20H2. The second-order valence-electron chi connectivity index (χ2n) is 4.72. The molecular weight excluding hydrogens is 345 g/mol. The quantitative estimate of drug-likeness (QED) is 0.487. The van der Waals surface area contributed by atoms with Crippen molar-refractivity contribution in [2.24, 2.45) is 5.84 Å². The summed E-state index contributed by atoms with van der Waals surface area (Å²) in [5, 5.41) is 0. The van der Waals surface area contributed by atoms with Gasteiger partial charge in [0.2, 0.25) is 0 Å². The third-order valence-corrected chi connectivity index (χ3v) is 3.83. The minimum Gasteiger partial charge on any atom is -0.271 e. The van der Waals surface area contributed by atoms with Crippen LogP contribution in [0.3, 0.4) is 0 Å². The van der Waals surface area contributed by atoms with Crippen molar-refractivity contribution in [3.8, 4) is 0 Å². The second kappa shape index (κ2) is 7.06. The fourth-order valence-corrected chi connectivity index (χ4v) is 2.47. The summed E-state index contributed by atoms with van der Waals surface area (Å²) < 4.78 is 40.7. The van der Waals surface area contributed by atoms with Crippen molar-refractivity contribution in [2.75, 3.05) is 0 Å². The molecule has 2 rings (SSSR count). The molecule has 0 aliphatic carbocycles. The number of nitrogens with two attached hydrogens (primary N) is 1. The van der Waals surface area contributed by atoms with Crippen molar-refractivity contribution in [2.45, 2.75) is 18.9 Å². The number of hydrogen-bond donors (Lipinski definition) is 2. The molecule has 2 aromatic carbocycles. The number of hydrazine groups is 1. The van der Waals surface area contributed by atoms with Gasteiger partial charge in [-0.3, -0.25) is 11.3 Å². The number of nitrogens with one attached hydrogen (secondary N) is 1. The van der Waals surface area contributed by atoms with Crippen LogP contribution in [0.1, 0.15) is 11.1 Å². The average Bonchev–Trinajstić information content (AvgIpc) is 2.48. The highest BCUT2D eigenvalue weighted by Gasteiger charge is 2.17. The van der Waals surface area contributed by atoms with Gasteiger partial charge in [-0.2, -0.15) is 0 Å². The first-order chi connectivity index (χ1) is 10.0. The van der Waals surface area contributed by atoms with Gasteiger partial charge in [-0.15, -0.1) is 0 Å². The lowest BCUT2D eigenvalue weighted by Gasteiger charge is -2.17. The molecule has 0 radical (unpaired) electrons. The third kappa shape index (κ3) is 4.06. The molecule has 112 valence electrons. The summed E-state index contributed by atoms with van der Waals surface area (Å²) in [5.41, 5.74) is 3.34. The molecule has 0 bridgehead atoms. The molecule has 0 aliphatic rings. The van der Waals surface area contributed by atoms with Gasteiger partial charge in [-0.05, 0) is 58.6 Å². The number of rotatable bonds is 5. The first kappa shape index (κ1) is 16.0. The summed E-state index contributed by atoms with van der Waals surface area (Å²) in [6.07, 6.45) is 0.521. The fourth-order valence-electron chi connectivity index (χ4n) is 2.10. The Balaban J connectivity index is 2.16. The zero-order valence-corrected chi connectivity index (χ0v) is 12.6. The molecule has 3 N–H and O–H groups in total. The van der Waals surface area contributed by atoms with E-state index in [4.69, 9.17) is 5.84 Å². The largest absolute Gasteiger partial charge is 0.271 e.